The van der Waals surface area contributed by atoms with E-state index in [9.17, 15) is 14.4 Å². The van der Waals surface area contributed by atoms with Gasteiger partial charge >= 0.3 is 17.9 Å². The number of fused-ring (bicyclic) bond motifs is 8. The third-order valence-corrected chi connectivity index (χ3v) is 8.69. The number of allylic oxidation sites excluding steroid dienone is 4. The molecular weight excluding hydrogens is 544 g/mol. The minimum atomic E-state index is -0.796. The van der Waals surface area contributed by atoms with E-state index in [1.165, 1.54) is 7.11 Å². The van der Waals surface area contributed by atoms with Crippen LogP contribution in [0.4, 0.5) is 0 Å². The average molecular weight is 577 g/mol. The van der Waals surface area contributed by atoms with Crippen molar-refractivity contribution in [3.8, 4) is 0 Å². The molecule has 6 heterocycles. The summed E-state index contributed by atoms with van der Waals surface area (Å²) in [7, 11) is 1.34. The first kappa shape index (κ1) is 28.1. The highest BCUT2D eigenvalue weighted by atomic mass is 16.6. The van der Waals surface area contributed by atoms with Crippen LogP contribution in [-0.2, 0) is 14.3 Å². The topological polar surface area (TPSA) is 127 Å². The van der Waals surface area contributed by atoms with Gasteiger partial charge in [-0.2, -0.15) is 0 Å². The number of carbonyl (C=O) groups is 3. The summed E-state index contributed by atoms with van der Waals surface area (Å²) in [5.74, 6) is -1.89. The standard InChI is InChI=1S/C34H32N4O5/c1-8-19-15(3)22-12-24-17(5)21(10-11-28(39)42-7)31(37-24)30-32-29(33(40)43-34(30)41)18(6)25(38-32)14-27-20(9-2)16(4)23(36-27)13-26(19)35-22/h8,12-14,35,38H,1,9-11H2,2-7H3. The summed E-state index contributed by atoms with van der Waals surface area (Å²) >= 11 is 0. The Morgan fingerprint density at radius 3 is 2.21 bits per heavy atom. The first-order valence-electron chi connectivity index (χ1n) is 14.2. The first-order chi connectivity index (χ1) is 20.6. The molecule has 43 heavy (non-hydrogen) atoms. The van der Waals surface area contributed by atoms with E-state index in [1.54, 1.807) is 0 Å². The van der Waals surface area contributed by atoms with Crippen LogP contribution in [0.25, 0.3) is 50.4 Å². The van der Waals surface area contributed by atoms with Crippen molar-refractivity contribution in [1.29, 1.82) is 0 Å². The van der Waals surface area contributed by atoms with Gasteiger partial charge in [0, 0.05) is 28.5 Å². The zero-order valence-electron chi connectivity index (χ0n) is 25.1. The zero-order valence-corrected chi connectivity index (χ0v) is 25.1. The Bertz CT molecular complexity index is 2040. The minimum Gasteiger partial charge on any atom is -0.469 e. The highest BCUT2D eigenvalue weighted by molar-refractivity contribution is 6.19. The van der Waals surface area contributed by atoms with Crippen molar-refractivity contribution in [3.05, 3.63) is 75.4 Å². The zero-order chi connectivity index (χ0) is 30.7. The molecule has 9 heteroatoms. The van der Waals surface area contributed by atoms with Gasteiger partial charge in [0.1, 0.15) is 5.56 Å². The Morgan fingerprint density at radius 1 is 0.884 bits per heavy atom. The number of hydrogen-bond donors (Lipinski definition) is 2. The number of esters is 3. The number of nitrogens with one attached hydrogen (secondary N) is 2. The lowest BCUT2D eigenvalue weighted by Crippen LogP contribution is -2.20. The smallest absolute Gasteiger partial charge is 0.350 e. The number of hydrogen-bond acceptors (Lipinski definition) is 7. The molecule has 0 atom stereocenters. The lowest BCUT2D eigenvalue weighted by molar-refractivity contribution is -0.140. The maximum atomic E-state index is 13.4. The van der Waals surface area contributed by atoms with Crippen LogP contribution in [0.5, 0.6) is 0 Å². The summed E-state index contributed by atoms with van der Waals surface area (Å²) in [6.07, 6.45) is 2.96. The van der Waals surface area contributed by atoms with Crippen molar-refractivity contribution in [2.24, 2.45) is 0 Å². The SMILES string of the molecule is C=Cc1c(C)c2cc3nc(c4c5[nH]c(cc6nc(cc1[nH]2)C(C)=C6CC)c(C)c5C(=O)OC4=O)C(CCC(=O)OC)=C3C. The summed E-state index contributed by atoms with van der Waals surface area (Å²) < 4.78 is 10.2. The van der Waals surface area contributed by atoms with Gasteiger partial charge in [-0.15, -0.1) is 0 Å². The molecule has 6 rings (SSSR count). The highest BCUT2D eigenvalue weighted by Crippen LogP contribution is 2.40. The number of H-pyrrole nitrogens is 2. The van der Waals surface area contributed by atoms with Crippen molar-refractivity contribution in [3.63, 3.8) is 0 Å². The molecule has 2 N–H and O–H groups in total. The maximum Gasteiger partial charge on any atom is 0.350 e. The molecule has 0 fully saturated rings. The molecule has 0 saturated carbocycles. The maximum absolute atomic E-state index is 13.4. The summed E-state index contributed by atoms with van der Waals surface area (Å²) in [5, 5.41) is 0. The Hall–Kier alpha value is -5.05. The molecule has 0 aliphatic carbocycles. The van der Waals surface area contributed by atoms with Gasteiger partial charge in [0.05, 0.1) is 41.0 Å². The number of rotatable bonds is 5. The van der Waals surface area contributed by atoms with Gasteiger partial charge in [-0.05, 0) is 92.2 Å². The summed E-state index contributed by atoms with van der Waals surface area (Å²) in [5.41, 5.74) is 12.0. The number of aryl methyl sites for hydroxylation is 2. The quantitative estimate of drug-likeness (QED) is 0.245. The molecule has 0 spiro atoms. The van der Waals surface area contributed by atoms with Gasteiger partial charge in [-0.3, -0.25) is 4.79 Å². The van der Waals surface area contributed by atoms with Crippen LogP contribution in [0.3, 0.4) is 0 Å². The molecule has 0 unspecified atom stereocenters. The van der Waals surface area contributed by atoms with Crippen LogP contribution in [0, 0.1) is 13.8 Å². The number of ether oxygens (including phenoxy) is 2. The number of carbonyl (C=O) groups excluding carboxylic acids is 3. The van der Waals surface area contributed by atoms with Crippen molar-refractivity contribution in [1.82, 2.24) is 19.9 Å². The predicted molar refractivity (Wildman–Crippen MR) is 167 cm³/mol. The second-order valence-electron chi connectivity index (χ2n) is 11.0. The number of nitrogens with zero attached hydrogens (tertiary/aromatic N) is 2. The Kier molecular flexibility index (Phi) is 6.76. The van der Waals surface area contributed by atoms with E-state index < -0.39 is 11.9 Å². The third kappa shape index (κ3) is 4.34. The van der Waals surface area contributed by atoms with Crippen molar-refractivity contribution in [2.45, 2.75) is 53.9 Å². The van der Waals surface area contributed by atoms with Gasteiger partial charge in [0.2, 0.25) is 0 Å². The fraction of sp³-hybridized carbons (Fsp3) is 0.265. The minimum absolute atomic E-state index is 0.0948. The fourth-order valence-electron chi connectivity index (χ4n) is 6.21. The van der Waals surface area contributed by atoms with E-state index >= 15 is 0 Å². The number of cyclic esters (lactones) is 2. The van der Waals surface area contributed by atoms with Crippen LogP contribution in [-0.4, -0.2) is 45.0 Å². The van der Waals surface area contributed by atoms with E-state index in [1.807, 2.05) is 45.0 Å². The fourth-order valence-corrected chi connectivity index (χ4v) is 6.21. The lowest BCUT2D eigenvalue weighted by Gasteiger charge is -2.13. The molecule has 8 bridgehead atoms. The Balaban J connectivity index is 1.82. The number of methoxy groups -OCH3 is 1. The molecule has 3 aromatic heterocycles. The van der Waals surface area contributed by atoms with Gasteiger partial charge in [0.15, 0.2) is 0 Å². The van der Waals surface area contributed by atoms with Crippen LogP contribution in [0.2, 0.25) is 0 Å². The molecule has 218 valence electrons. The van der Waals surface area contributed by atoms with Crippen molar-refractivity contribution >= 4 is 68.3 Å². The van der Waals surface area contributed by atoms with Crippen LogP contribution < -0.4 is 0 Å². The summed E-state index contributed by atoms with van der Waals surface area (Å²) in [4.78, 5) is 55.5. The molecule has 3 aliphatic rings. The first-order valence-corrected chi connectivity index (χ1v) is 14.2. The molecule has 0 aromatic carbocycles. The Morgan fingerprint density at radius 2 is 1.51 bits per heavy atom. The van der Waals surface area contributed by atoms with Gasteiger partial charge in [-0.25, -0.2) is 19.6 Å². The highest BCUT2D eigenvalue weighted by Gasteiger charge is 2.35. The second-order valence-corrected chi connectivity index (χ2v) is 11.0. The molecule has 0 amide bonds. The van der Waals surface area contributed by atoms with Crippen molar-refractivity contribution in [2.75, 3.05) is 7.11 Å². The van der Waals surface area contributed by atoms with E-state index in [0.717, 1.165) is 56.7 Å². The number of aromatic amines is 2. The molecule has 3 aromatic rings. The molecule has 0 saturated heterocycles. The largest absolute Gasteiger partial charge is 0.469 e. The molecule has 9 nitrogen and oxygen atoms in total. The van der Waals surface area contributed by atoms with E-state index in [0.29, 0.717) is 33.6 Å². The van der Waals surface area contributed by atoms with Crippen LogP contribution in [0.15, 0.2) is 24.8 Å². The Labute approximate surface area is 248 Å². The van der Waals surface area contributed by atoms with Gasteiger partial charge < -0.3 is 19.4 Å². The average Bonchev–Trinajstić information content (AvgIpc) is 3.65. The summed E-state index contributed by atoms with van der Waals surface area (Å²) in [6.45, 7) is 13.9. The van der Waals surface area contributed by atoms with Crippen LogP contribution in [0.1, 0.15) is 100 Å². The van der Waals surface area contributed by atoms with Gasteiger partial charge in [0.25, 0.3) is 0 Å². The van der Waals surface area contributed by atoms with Crippen molar-refractivity contribution < 1.29 is 23.9 Å². The van der Waals surface area contributed by atoms with Gasteiger partial charge in [-0.1, -0.05) is 19.6 Å². The molecular formula is C34H32N4O5. The predicted octanol–water partition coefficient (Wildman–Crippen LogP) is 7.11. The second kappa shape index (κ2) is 10.3. The third-order valence-electron chi connectivity index (χ3n) is 8.69. The monoisotopic (exact) mass is 576 g/mol. The molecule has 0 radical (unpaired) electrons. The van der Waals surface area contributed by atoms with E-state index in [2.05, 4.69) is 30.4 Å². The molecule has 3 aliphatic heterocycles. The summed E-state index contributed by atoms with van der Waals surface area (Å²) in [6, 6.07) is 5.88. The number of aromatic nitrogens is 4. The lowest BCUT2D eigenvalue weighted by atomic mass is 9.96. The normalized spacial score (nSPS) is 14.4. The van der Waals surface area contributed by atoms with Crippen LogP contribution >= 0.6 is 0 Å². The van der Waals surface area contributed by atoms with E-state index in [-0.39, 0.29) is 29.9 Å². The van der Waals surface area contributed by atoms with E-state index in [4.69, 9.17) is 19.4 Å².